The third-order valence-corrected chi connectivity index (χ3v) is 2.32. The summed E-state index contributed by atoms with van der Waals surface area (Å²) in [4.78, 5) is 10.8. The number of pyridine rings is 1. The second-order valence-corrected chi connectivity index (χ2v) is 3.94. The summed E-state index contributed by atoms with van der Waals surface area (Å²) < 4.78 is 6.77. The summed E-state index contributed by atoms with van der Waals surface area (Å²) in [5.74, 6) is -1.01. The van der Waals surface area contributed by atoms with Crippen LogP contribution in [0.15, 0.2) is 36.7 Å². The van der Waals surface area contributed by atoms with E-state index in [0.29, 0.717) is 6.61 Å². The van der Waals surface area contributed by atoms with Crippen LogP contribution >= 0.6 is 0 Å². The summed E-state index contributed by atoms with van der Waals surface area (Å²) in [5, 5.41) is 27.1. The van der Waals surface area contributed by atoms with Crippen molar-refractivity contribution < 1.29 is 29.4 Å². The maximum absolute atomic E-state index is 10.8. The number of carboxylic acid groups (broad SMARTS) is 1. The van der Waals surface area contributed by atoms with Crippen LogP contribution in [-0.4, -0.2) is 47.2 Å². The summed E-state index contributed by atoms with van der Waals surface area (Å²) >= 11 is 0. The van der Waals surface area contributed by atoms with Crippen molar-refractivity contribution in [2.75, 3.05) is 19.8 Å². The maximum Gasteiger partial charge on any atom is 0.341 e. The average Bonchev–Trinajstić information content (AvgIpc) is 2.38. The number of hydrogen-bond acceptors (Lipinski definition) is 4. The summed E-state index contributed by atoms with van der Waals surface area (Å²) in [6, 6.07) is 3.10. The molecule has 0 saturated heterocycles. The summed E-state index contributed by atoms with van der Waals surface area (Å²) in [7, 11) is 0. The molecule has 0 aliphatic rings. The number of aliphatic hydroxyl groups is 2. The van der Waals surface area contributed by atoms with Crippen molar-refractivity contribution in [3.05, 3.63) is 42.2 Å². The number of ether oxygens (including phenoxy) is 1. The van der Waals surface area contributed by atoms with Crippen LogP contribution in [0.5, 0.6) is 0 Å². The molecule has 1 unspecified atom stereocenters. The molecule has 0 spiro atoms. The lowest BCUT2D eigenvalue weighted by atomic mass is 10.3. The Morgan fingerprint density at radius 3 is 2.95 bits per heavy atom. The topological polar surface area (TPSA) is 90.9 Å². The lowest BCUT2D eigenvalue weighted by molar-refractivity contribution is -0.704. The van der Waals surface area contributed by atoms with E-state index in [2.05, 4.69) is 0 Å². The first-order valence-corrected chi connectivity index (χ1v) is 5.87. The molecule has 1 atom stereocenters. The molecule has 0 bridgehead atoms. The molecule has 6 heteroatoms. The Bertz CT molecular complexity index is 433. The molecule has 3 N–H and O–H groups in total. The molecular weight excluding hydrogens is 250 g/mol. The first kappa shape index (κ1) is 15.3. The van der Waals surface area contributed by atoms with Crippen molar-refractivity contribution in [1.82, 2.24) is 0 Å². The number of hydrogen-bond donors (Lipinski definition) is 3. The van der Waals surface area contributed by atoms with Crippen LogP contribution in [0.25, 0.3) is 0 Å². The van der Waals surface area contributed by atoms with E-state index in [1.165, 1.54) is 12.3 Å². The van der Waals surface area contributed by atoms with Crippen molar-refractivity contribution in [1.29, 1.82) is 0 Å². The second-order valence-electron chi connectivity index (χ2n) is 3.94. The molecule has 0 aromatic carbocycles. The number of carbonyl (C=O) groups is 1. The van der Waals surface area contributed by atoms with E-state index in [1.807, 2.05) is 0 Å². The van der Waals surface area contributed by atoms with Crippen molar-refractivity contribution >= 4 is 5.97 Å². The van der Waals surface area contributed by atoms with Crippen LogP contribution in [0.1, 0.15) is 10.4 Å². The Morgan fingerprint density at radius 1 is 1.47 bits per heavy atom. The van der Waals surface area contributed by atoms with E-state index in [4.69, 9.17) is 14.9 Å². The number of aromatic carboxylic acids is 1. The van der Waals surface area contributed by atoms with Crippen molar-refractivity contribution in [2.24, 2.45) is 0 Å². The van der Waals surface area contributed by atoms with Gasteiger partial charge >= 0.3 is 5.97 Å². The van der Waals surface area contributed by atoms with Gasteiger partial charge in [-0.15, -0.1) is 0 Å². The molecule has 0 aliphatic carbocycles. The Labute approximate surface area is 111 Å². The molecule has 0 aliphatic heterocycles. The van der Waals surface area contributed by atoms with E-state index in [-0.39, 0.29) is 25.3 Å². The minimum Gasteiger partial charge on any atom is -0.477 e. The van der Waals surface area contributed by atoms with Gasteiger partial charge in [0, 0.05) is 6.07 Å². The minimum absolute atomic E-state index is 0.0380. The SMILES string of the molecule is O=C(O)c1ccc[n+](CC(O)COCC=CCO)c1. The molecule has 104 valence electrons. The molecule has 19 heavy (non-hydrogen) atoms. The highest BCUT2D eigenvalue weighted by Crippen LogP contribution is 1.95. The van der Waals surface area contributed by atoms with Gasteiger partial charge in [-0.2, -0.15) is 0 Å². The summed E-state index contributed by atoms with van der Waals surface area (Å²) in [5.41, 5.74) is 0.168. The fraction of sp³-hybridized carbons (Fsp3) is 0.385. The van der Waals surface area contributed by atoms with Gasteiger partial charge in [0.2, 0.25) is 0 Å². The van der Waals surface area contributed by atoms with Crippen LogP contribution in [0, 0.1) is 0 Å². The van der Waals surface area contributed by atoms with Crippen molar-refractivity contribution in [3.63, 3.8) is 0 Å². The zero-order valence-electron chi connectivity index (χ0n) is 10.5. The number of rotatable bonds is 8. The standard InChI is InChI=1S/C13H17NO5/c15-6-1-2-7-19-10-12(16)9-14-5-3-4-11(8-14)13(17)18/h1-5,8,12,15-16H,6-7,9-10H2/p+1. The number of carboxylic acids is 1. The highest BCUT2D eigenvalue weighted by molar-refractivity contribution is 5.86. The minimum atomic E-state index is -1.01. The smallest absolute Gasteiger partial charge is 0.341 e. The Kier molecular flexibility index (Phi) is 6.73. The molecule has 0 fully saturated rings. The quantitative estimate of drug-likeness (QED) is 0.339. The summed E-state index contributed by atoms with van der Waals surface area (Å²) in [6.07, 6.45) is 5.62. The van der Waals surface area contributed by atoms with Crippen LogP contribution in [0.3, 0.4) is 0 Å². The van der Waals surface area contributed by atoms with Gasteiger partial charge in [-0.25, -0.2) is 9.36 Å². The normalized spacial score (nSPS) is 12.7. The largest absolute Gasteiger partial charge is 0.477 e. The predicted molar refractivity (Wildman–Crippen MR) is 66.6 cm³/mol. The zero-order chi connectivity index (χ0) is 14.1. The van der Waals surface area contributed by atoms with E-state index < -0.39 is 12.1 Å². The third-order valence-electron chi connectivity index (χ3n) is 2.32. The van der Waals surface area contributed by atoms with Gasteiger partial charge in [-0.05, 0) is 6.07 Å². The van der Waals surface area contributed by atoms with Crippen LogP contribution in [0.4, 0.5) is 0 Å². The molecule has 1 heterocycles. The van der Waals surface area contributed by atoms with Crippen LogP contribution in [-0.2, 0) is 11.3 Å². The van der Waals surface area contributed by atoms with Gasteiger partial charge in [0.05, 0.1) is 19.8 Å². The number of aromatic nitrogens is 1. The lowest BCUT2D eigenvalue weighted by Gasteiger charge is -2.07. The van der Waals surface area contributed by atoms with E-state index >= 15 is 0 Å². The molecule has 0 saturated carbocycles. The maximum atomic E-state index is 10.8. The molecule has 0 amide bonds. The second kappa shape index (κ2) is 8.36. The summed E-state index contributed by atoms with van der Waals surface area (Å²) in [6.45, 7) is 0.673. The van der Waals surface area contributed by atoms with E-state index in [0.717, 1.165) is 0 Å². The molecule has 1 aromatic rings. The highest BCUT2D eigenvalue weighted by atomic mass is 16.5. The van der Waals surface area contributed by atoms with Gasteiger partial charge in [-0.3, -0.25) is 0 Å². The monoisotopic (exact) mass is 268 g/mol. The van der Waals surface area contributed by atoms with Gasteiger partial charge in [0.15, 0.2) is 18.9 Å². The van der Waals surface area contributed by atoms with Gasteiger partial charge in [0.25, 0.3) is 0 Å². The third kappa shape index (κ3) is 6.10. The Hall–Kier alpha value is -1.76. The number of aliphatic hydroxyl groups excluding tert-OH is 2. The first-order chi connectivity index (χ1) is 9.13. The van der Waals surface area contributed by atoms with Crippen LogP contribution in [0.2, 0.25) is 0 Å². The molecule has 6 nitrogen and oxygen atoms in total. The first-order valence-electron chi connectivity index (χ1n) is 5.87. The molecule has 1 rings (SSSR count). The van der Waals surface area contributed by atoms with Crippen molar-refractivity contribution in [2.45, 2.75) is 12.6 Å². The van der Waals surface area contributed by atoms with Crippen molar-refractivity contribution in [3.8, 4) is 0 Å². The van der Waals surface area contributed by atoms with Gasteiger partial charge < -0.3 is 20.1 Å². The van der Waals surface area contributed by atoms with E-state index in [9.17, 15) is 9.90 Å². The average molecular weight is 268 g/mol. The number of nitrogens with zero attached hydrogens (tertiary/aromatic N) is 1. The Balaban J connectivity index is 2.39. The van der Waals surface area contributed by atoms with Crippen LogP contribution < -0.4 is 4.57 Å². The zero-order valence-corrected chi connectivity index (χ0v) is 10.5. The molecule has 1 aromatic heterocycles. The molecule has 0 radical (unpaired) electrons. The fourth-order valence-corrected chi connectivity index (χ4v) is 1.47. The van der Waals surface area contributed by atoms with E-state index in [1.54, 1.807) is 29.0 Å². The fourth-order valence-electron chi connectivity index (χ4n) is 1.47. The highest BCUT2D eigenvalue weighted by Gasteiger charge is 2.13. The van der Waals surface area contributed by atoms with Gasteiger partial charge in [-0.1, -0.05) is 12.2 Å². The predicted octanol–water partition coefficient (Wildman–Crippen LogP) is -0.402. The van der Waals surface area contributed by atoms with Gasteiger partial charge in [0.1, 0.15) is 11.7 Å². The molecular formula is C13H18NO5+. The lowest BCUT2D eigenvalue weighted by Crippen LogP contribution is -2.41. The Morgan fingerprint density at radius 2 is 2.26 bits per heavy atom.